The number of aromatic nitrogens is 2. The molecule has 2 aliphatic heterocycles. The van der Waals surface area contributed by atoms with Gasteiger partial charge in [0.1, 0.15) is 24.4 Å². The van der Waals surface area contributed by atoms with Crippen LogP contribution in [-0.2, 0) is 81.1 Å². The lowest BCUT2D eigenvalue weighted by Crippen LogP contribution is -2.47. The van der Waals surface area contributed by atoms with Gasteiger partial charge in [-0.1, -0.05) is 74.5 Å². The molecular weight excluding hydrogens is 841 g/mol. The molecule has 17 heteroatoms. The van der Waals surface area contributed by atoms with E-state index in [1.165, 1.54) is 10.6 Å². The summed E-state index contributed by atoms with van der Waals surface area (Å²) in [6.07, 6.45) is -1.07. The Morgan fingerprint density at radius 3 is 1.91 bits per heavy atom. The highest BCUT2D eigenvalue weighted by Crippen LogP contribution is 2.42. The van der Waals surface area contributed by atoms with Gasteiger partial charge in [0.25, 0.3) is 5.56 Å². The zero-order valence-corrected chi connectivity index (χ0v) is 35.6. The number of fused-ring (bicyclic) bond motifs is 5. The van der Waals surface area contributed by atoms with E-state index in [1.807, 2.05) is 6.92 Å². The molecule has 3 atom stereocenters. The topological polar surface area (TPSA) is 247 Å². The third kappa shape index (κ3) is 9.78. The fraction of sp³-hybridized carbons (Fsp3) is 0.312. The van der Waals surface area contributed by atoms with E-state index in [4.69, 9.17) is 19.2 Å². The van der Waals surface area contributed by atoms with Crippen molar-refractivity contribution in [1.29, 1.82) is 0 Å². The number of amides is 2. The first-order chi connectivity index (χ1) is 31.2. The Morgan fingerprint density at radius 2 is 1.35 bits per heavy atom. The molecule has 2 aliphatic rings. The maximum atomic E-state index is 14.2. The predicted molar refractivity (Wildman–Crippen MR) is 231 cm³/mol. The lowest BCUT2D eigenvalue weighted by Gasteiger charge is -2.35. The number of cyclic esters (lactones) is 1. The highest BCUT2D eigenvalue weighted by Gasteiger charge is 2.50. The Balaban J connectivity index is 1.06. The second-order valence-electron chi connectivity index (χ2n) is 15.8. The van der Waals surface area contributed by atoms with Crippen LogP contribution in [0.2, 0.25) is 0 Å². The molecular formula is C48H46N4O13. The number of ether oxygens (including phenoxy) is 3. The SMILES string of the molecule is CCc1c2c(nc3ccc(OC(=O)CCC(=O)NC(Cc4ccccc4)C(=O)O)cc13)-c1cc3c(c(=O)n1C2)COC(=O)[C@@]3(CC)OC(=O)CCC(=O)NC(Cc1ccccc1)C(=O)O. The van der Waals surface area contributed by atoms with Crippen LogP contribution in [0.1, 0.15) is 79.3 Å². The first-order valence-electron chi connectivity index (χ1n) is 21.2. The van der Waals surface area contributed by atoms with Crippen molar-refractivity contribution in [2.24, 2.45) is 0 Å². The van der Waals surface area contributed by atoms with E-state index in [-0.39, 0.29) is 62.1 Å². The van der Waals surface area contributed by atoms with Crippen LogP contribution >= 0.6 is 0 Å². The molecule has 0 spiro atoms. The molecule has 0 fully saturated rings. The number of rotatable bonds is 18. The van der Waals surface area contributed by atoms with Gasteiger partial charge >= 0.3 is 29.8 Å². The van der Waals surface area contributed by atoms with Gasteiger partial charge in [0.05, 0.1) is 41.9 Å². The summed E-state index contributed by atoms with van der Waals surface area (Å²) in [6.45, 7) is 3.26. The first kappa shape index (κ1) is 45.3. The molecule has 2 amide bonds. The summed E-state index contributed by atoms with van der Waals surface area (Å²) in [5.74, 6) is -6.14. The zero-order valence-electron chi connectivity index (χ0n) is 35.6. The largest absolute Gasteiger partial charge is 0.480 e. The highest BCUT2D eigenvalue weighted by atomic mass is 16.6. The Hall–Kier alpha value is -7.69. The summed E-state index contributed by atoms with van der Waals surface area (Å²) in [6, 6.07) is 21.6. The van der Waals surface area contributed by atoms with Gasteiger partial charge in [0, 0.05) is 42.2 Å². The fourth-order valence-electron chi connectivity index (χ4n) is 8.26. The van der Waals surface area contributed by atoms with Crippen molar-refractivity contribution < 1.29 is 58.0 Å². The molecule has 0 saturated heterocycles. The fourth-order valence-corrected chi connectivity index (χ4v) is 8.26. The van der Waals surface area contributed by atoms with E-state index >= 15 is 0 Å². The van der Waals surface area contributed by atoms with Crippen molar-refractivity contribution >= 4 is 52.6 Å². The molecule has 336 valence electrons. The van der Waals surface area contributed by atoms with Gasteiger partial charge in [-0.25, -0.2) is 19.4 Å². The van der Waals surface area contributed by atoms with E-state index < -0.39 is 77.7 Å². The van der Waals surface area contributed by atoms with Crippen LogP contribution in [0.3, 0.4) is 0 Å². The van der Waals surface area contributed by atoms with Crippen LogP contribution < -0.4 is 20.9 Å². The Morgan fingerprint density at radius 1 is 0.769 bits per heavy atom. The Kier molecular flexibility index (Phi) is 13.5. The number of aryl methyl sites for hydroxylation is 1. The second-order valence-corrected chi connectivity index (χ2v) is 15.8. The predicted octanol–water partition coefficient (Wildman–Crippen LogP) is 4.28. The van der Waals surface area contributed by atoms with Crippen molar-refractivity contribution in [3.63, 3.8) is 0 Å². The Bertz CT molecular complexity index is 2770. The number of hydrogen-bond donors (Lipinski definition) is 4. The zero-order chi connectivity index (χ0) is 46.4. The van der Waals surface area contributed by atoms with Gasteiger partial charge in [-0.3, -0.25) is 24.0 Å². The number of pyridine rings is 2. The number of carboxylic acids is 2. The summed E-state index contributed by atoms with van der Waals surface area (Å²) in [5, 5.41) is 24.9. The van der Waals surface area contributed by atoms with E-state index in [0.717, 1.165) is 11.1 Å². The van der Waals surface area contributed by atoms with Crippen LogP contribution in [0, 0.1) is 0 Å². The second kappa shape index (κ2) is 19.4. The van der Waals surface area contributed by atoms with E-state index in [9.17, 15) is 48.6 Å². The lowest BCUT2D eigenvalue weighted by atomic mass is 9.85. The average Bonchev–Trinajstić information content (AvgIpc) is 3.66. The molecule has 65 heavy (non-hydrogen) atoms. The third-order valence-corrected chi connectivity index (χ3v) is 11.6. The van der Waals surface area contributed by atoms with Crippen LogP contribution in [0.25, 0.3) is 22.3 Å². The summed E-state index contributed by atoms with van der Waals surface area (Å²) in [4.78, 5) is 108. The first-order valence-corrected chi connectivity index (χ1v) is 21.2. The number of carbonyl (C=O) groups excluding carboxylic acids is 5. The van der Waals surface area contributed by atoms with E-state index in [0.29, 0.717) is 39.8 Å². The minimum Gasteiger partial charge on any atom is -0.480 e. The van der Waals surface area contributed by atoms with Crippen molar-refractivity contribution in [1.82, 2.24) is 20.2 Å². The molecule has 5 aromatic rings. The number of hydrogen-bond acceptors (Lipinski definition) is 12. The molecule has 3 aromatic carbocycles. The minimum absolute atomic E-state index is 0.0248. The number of nitrogens with one attached hydrogen (secondary N) is 2. The smallest absolute Gasteiger partial charge is 0.355 e. The normalized spacial score (nSPS) is 15.6. The maximum absolute atomic E-state index is 14.2. The number of aliphatic carboxylic acids is 2. The number of benzene rings is 3. The van der Waals surface area contributed by atoms with Crippen molar-refractivity contribution in [3.8, 4) is 17.1 Å². The number of carboxylic acid groups (broad SMARTS) is 2. The van der Waals surface area contributed by atoms with Crippen molar-refractivity contribution in [2.45, 2.75) is 96.1 Å². The molecule has 4 heterocycles. The third-order valence-electron chi connectivity index (χ3n) is 11.6. The van der Waals surface area contributed by atoms with Crippen molar-refractivity contribution in [3.05, 3.63) is 129 Å². The standard InChI is InChI=1S/C48H46N4O13/c1-3-30-31-23-29(64-41(55)19-17-39(53)49-36(45(58)59)21-27-11-7-5-8-12-27)15-16-35(31)51-43-32(30)25-52-38(43)24-34-33(44(52)57)26-63-47(62)48(34,4-2)65-42(56)20-18-40(54)50-37(46(60)61)22-28-13-9-6-10-14-28/h5-16,23-24,36-37H,3-4,17-22,25-26H2,1-2H3,(H,49,53)(H,50,54)(H,58,59)(H,60,61)/t36?,37?,48-/m0/s1. The minimum atomic E-state index is -2.03. The van der Waals surface area contributed by atoms with E-state index in [1.54, 1.807) is 85.8 Å². The van der Waals surface area contributed by atoms with Gasteiger partial charge in [-0.15, -0.1) is 0 Å². The molecule has 7 rings (SSSR count). The van der Waals surface area contributed by atoms with Gasteiger partial charge < -0.3 is 39.6 Å². The summed E-state index contributed by atoms with van der Waals surface area (Å²) in [5.41, 5.74) is 2.05. The maximum Gasteiger partial charge on any atom is 0.355 e. The quantitative estimate of drug-likeness (QED) is 0.0695. The number of nitrogens with zero attached hydrogens (tertiary/aromatic N) is 2. The van der Waals surface area contributed by atoms with Gasteiger partial charge in [-0.05, 0) is 53.8 Å². The molecule has 2 unspecified atom stereocenters. The van der Waals surface area contributed by atoms with Crippen LogP contribution in [-0.4, -0.2) is 73.5 Å². The molecule has 17 nitrogen and oxygen atoms in total. The molecule has 0 saturated carbocycles. The van der Waals surface area contributed by atoms with Crippen LogP contribution in [0.5, 0.6) is 5.75 Å². The molecule has 2 aromatic heterocycles. The Labute approximate surface area is 371 Å². The number of esters is 3. The van der Waals surface area contributed by atoms with E-state index in [2.05, 4.69) is 10.6 Å². The average molecular weight is 887 g/mol. The van der Waals surface area contributed by atoms with Gasteiger partial charge in [-0.2, -0.15) is 0 Å². The monoisotopic (exact) mass is 886 g/mol. The summed E-state index contributed by atoms with van der Waals surface area (Å²) in [7, 11) is 0. The van der Waals surface area contributed by atoms with Gasteiger partial charge in [0.15, 0.2) is 0 Å². The van der Waals surface area contributed by atoms with Crippen molar-refractivity contribution in [2.75, 3.05) is 0 Å². The summed E-state index contributed by atoms with van der Waals surface area (Å²) >= 11 is 0. The molecule has 0 aliphatic carbocycles. The van der Waals surface area contributed by atoms with Crippen LogP contribution in [0.15, 0.2) is 89.7 Å². The number of carbonyl (C=O) groups is 7. The summed E-state index contributed by atoms with van der Waals surface area (Å²) < 4.78 is 18.4. The molecule has 0 bridgehead atoms. The molecule has 0 radical (unpaired) electrons. The molecule has 4 N–H and O–H groups in total. The highest BCUT2D eigenvalue weighted by molar-refractivity contribution is 5.92. The van der Waals surface area contributed by atoms with Gasteiger partial charge in [0.2, 0.25) is 17.4 Å². The van der Waals surface area contributed by atoms with Crippen LogP contribution in [0.4, 0.5) is 0 Å². The lowest BCUT2D eigenvalue weighted by molar-refractivity contribution is -0.189.